The van der Waals surface area contributed by atoms with Gasteiger partial charge in [0.05, 0.1) is 11.1 Å². The van der Waals surface area contributed by atoms with Crippen molar-refractivity contribution < 1.29 is 30.9 Å². The van der Waals surface area contributed by atoms with E-state index in [1.165, 1.54) is 0 Å². The maximum Gasteiger partial charge on any atom is 0.416 e. The molecule has 0 fully saturated rings. The largest absolute Gasteiger partial charge is 0.416 e. The standard InChI is InChI=1S/C11H6F6N2O/c12-10(13,14)7-1-6(3-9-18-5-20-19-9)2-8(4-7)11(15,16)17/h1-2,4-5H,3H2. The summed E-state index contributed by atoms with van der Waals surface area (Å²) in [6.45, 7) is 0. The van der Waals surface area contributed by atoms with Crippen molar-refractivity contribution in [3.8, 4) is 0 Å². The lowest BCUT2D eigenvalue weighted by Gasteiger charge is -2.13. The monoisotopic (exact) mass is 296 g/mol. The van der Waals surface area contributed by atoms with E-state index in [1.54, 1.807) is 0 Å². The van der Waals surface area contributed by atoms with E-state index in [1.807, 2.05) is 0 Å². The zero-order chi connectivity index (χ0) is 15.0. The smallest absolute Gasteiger partial charge is 0.343 e. The van der Waals surface area contributed by atoms with Gasteiger partial charge in [-0.15, -0.1) is 0 Å². The van der Waals surface area contributed by atoms with Crippen LogP contribution in [0.4, 0.5) is 26.3 Å². The Morgan fingerprint density at radius 3 is 1.85 bits per heavy atom. The molecule has 3 nitrogen and oxygen atoms in total. The summed E-state index contributed by atoms with van der Waals surface area (Å²) in [6.07, 6.45) is -9.09. The number of hydrogen-bond acceptors (Lipinski definition) is 3. The first-order valence-electron chi connectivity index (χ1n) is 5.20. The minimum Gasteiger partial charge on any atom is -0.343 e. The molecule has 0 saturated heterocycles. The van der Waals surface area contributed by atoms with Crippen LogP contribution in [0.3, 0.4) is 0 Å². The molecule has 0 amide bonds. The maximum atomic E-state index is 12.6. The van der Waals surface area contributed by atoms with Gasteiger partial charge in [-0.25, -0.2) is 0 Å². The van der Waals surface area contributed by atoms with Crippen LogP contribution in [0.1, 0.15) is 22.5 Å². The Morgan fingerprint density at radius 1 is 0.900 bits per heavy atom. The molecule has 1 aromatic heterocycles. The van der Waals surface area contributed by atoms with Crippen LogP contribution >= 0.6 is 0 Å². The van der Waals surface area contributed by atoms with Crippen molar-refractivity contribution in [2.24, 2.45) is 0 Å². The van der Waals surface area contributed by atoms with Crippen molar-refractivity contribution in [2.75, 3.05) is 0 Å². The van der Waals surface area contributed by atoms with Crippen molar-refractivity contribution in [2.45, 2.75) is 18.8 Å². The van der Waals surface area contributed by atoms with Crippen LogP contribution in [-0.2, 0) is 18.8 Å². The number of benzene rings is 1. The van der Waals surface area contributed by atoms with Crippen LogP contribution in [-0.4, -0.2) is 10.1 Å². The molecule has 0 N–H and O–H groups in total. The summed E-state index contributed by atoms with van der Waals surface area (Å²) >= 11 is 0. The molecule has 0 spiro atoms. The SMILES string of the molecule is FC(F)(F)c1cc(Cc2ncon2)cc(C(F)(F)F)c1. The van der Waals surface area contributed by atoms with E-state index in [2.05, 4.69) is 14.7 Å². The highest BCUT2D eigenvalue weighted by atomic mass is 19.4. The highest BCUT2D eigenvalue weighted by Crippen LogP contribution is 2.36. The fourth-order valence-electron chi connectivity index (χ4n) is 1.57. The average molecular weight is 296 g/mol. The Labute approximate surface area is 108 Å². The van der Waals surface area contributed by atoms with Gasteiger partial charge in [0.25, 0.3) is 0 Å². The first-order valence-corrected chi connectivity index (χ1v) is 5.20. The zero-order valence-electron chi connectivity index (χ0n) is 9.59. The van der Waals surface area contributed by atoms with Crippen molar-refractivity contribution in [1.29, 1.82) is 0 Å². The third kappa shape index (κ3) is 3.28. The molecule has 9 heteroatoms. The highest BCUT2D eigenvalue weighted by Gasteiger charge is 2.36. The second-order valence-corrected chi connectivity index (χ2v) is 3.94. The van der Waals surface area contributed by atoms with Crippen LogP contribution in [0.5, 0.6) is 0 Å². The Bertz CT molecular complexity index is 556. The number of alkyl halides is 6. The molecule has 2 aromatic rings. The maximum absolute atomic E-state index is 12.6. The Kier molecular flexibility index (Phi) is 3.45. The minimum atomic E-state index is -4.87. The fourth-order valence-corrected chi connectivity index (χ4v) is 1.57. The van der Waals surface area contributed by atoms with Gasteiger partial charge < -0.3 is 4.52 Å². The molecule has 0 bridgehead atoms. The molecule has 0 aliphatic heterocycles. The van der Waals surface area contributed by atoms with Gasteiger partial charge >= 0.3 is 12.4 Å². The van der Waals surface area contributed by atoms with Gasteiger partial charge in [0.1, 0.15) is 0 Å². The van der Waals surface area contributed by atoms with E-state index >= 15 is 0 Å². The van der Waals surface area contributed by atoms with E-state index in [0.717, 1.165) is 6.39 Å². The number of hydrogen-bond donors (Lipinski definition) is 0. The third-order valence-electron chi connectivity index (χ3n) is 2.42. The number of aromatic nitrogens is 2. The summed E-state index contributed by atoms with van der Waals surface area (Å²) in [5.41, 5.74) is -2.94. The molecule has 108 valence electrons. The van der Waals surface area contributed by atoms with Gasteiger partial charge in [-0.2, -0.15) is 31.3 Å². The lowest BCUT2D eigenvalue weighted by molar-refractivity contribution is -0.143. The molecule has 1 aromatic carbocycles. The molecule has 0 radical (unpaired) electrons. The second kappa shape index (κ2) is 4.80. The summed E-state index contributed by atoms with van der Waals surface area (Å²) in [7, 11) is 0. The van der Waals surface area contributed by atoms with E-state index in [4.69, 9.17) is 0 Å². The molecular weight excluding hydrogens is 290 g/mol. The summed E-state index contributed by atoms with van der Waals surface area (Å²) in [6, 6.07) is 1.33. The highest BCUT2D eigenvalue weighted by molar-refractivity contribution is 5.34. The van der Waals surface area contributed by atoms with Crippen molar-refractivity contribution in [3.05, 3.63) is 47.1 Å². The molecule has 0 atom stereocenters. The lowest BCUT2D eigenvalue weighted by Crippen LogP contribution is -2.12. The molecule has 0 saturated carbocycles. The summed E-state index contributed by atoms with van der Waals surface area (Å²) < 4.78 is 80.0. The summed E-state index contributed by atoms with van der Waals surface area (Å²) in [5, 5.41) is 3.35. The average Bonchev–Trinajstić information content (AvgIpc) is 2.79. The van der Waals surface area contributed by atoms with E-state index < -0.39 is 23.5 Å². The fraction of sp³-hybridized carbons (Fsp3) is 0.273. The van der Waals surface area contributed by atoms with Crippen LogP contribution in [0.15, 0.2) is 29.1 Å². The molecule has 20 heavy (non-hydrogen) atoms. The predicted octanol–water partition coefficient (Wildman–Crippen LogP) is 3.70. The van der Waals surface area contributed by atoms with E-state index in [-0.39, 0.29) is 23.9 Å². The normalized spacial score (nSPS) is 12.7. The molecule has 1 heterocycles. The van der Waals surface area contributed by atoms with E-state index in [0.29, 0.717) is 12.1 Å². The summed E-state index contributed by atoms with van der Waals surface area (Å²) in [5.74, 6) is -0.00236. The van der Waals surface area contributed by atoms with Gasteiger partial charge in [-0.05, 0) is 23.8 Å². The third-order valence-corrected chi connectivity index (χ3v) is 2.42. The molecule has 2 rings (SSSR count). The second-order valence-electron chi connectivity index (χ2n) is 3.94. The Morgan fingerprint density at radius 2 is 1.45 bits per heavy atom. The quantitative estimate of drug-likeness (QED) is 0.793. The molecular formula is C11H6F6N2O. The van der Waals surface area contributed by atoms with Crippen LogP contribution in [0.2, 0.25) is 0 Å². The van der Waals surface area contributed by atoms with Gasteiger partial charge in [0.2, 0.25) is 6.39 Å². The van der Waals surface area contributed by atoms with Crippen LogP contribution < -0.4 is 0 Å². The number of rotatable bonds is 2. The van der Waals surface area contributed by atoms with Crippen LogP contribution in [0, 0.1) is 0 Å². The summed E-state index contributed by atoms with van der Waals surface area (Å²) in [4.78, 5) is 3.55. The van der Waals surface area contributed by atoms with Crippen LogP contribution in [0.25, 0.3) is 0 Å². The Hall–Kier alpha value is -2.06. The minimum absolute atomic E-state index is 0.00236. The molecule has 0 unspecified atom stereocenters. The van der Waals surface area contributed by atoms with E-state index in [9.17, 15) is 26.3 Å². The van der Waals surface area contributed by atoms with Gasteiger partial charge in [0.15, 0.2) is 5.82 Å². The molecule has 0 aliphatic carbocycles. The van der Waals surface area contributed by atoms with Crippen molar-refractivity contribution in [3.63, 3.8) is 0 Å². The number of halogens is 6. The van der Waals surface area contributed by atoms with Gasteiger partial charge in [-0.1, -0.05) is 5.16 Å². The lowest BCUT2D eigenvalue weighted by atomic mass is 10.0. The first kappa shape index (κ1) is 14.4. The van der Waals surface area contributed by atoms with Crippen molar-refractivity contribution >= 4 is 0 Å². The topological polar surface area (TPSA) is 38.9 Å². The molecule has 0 aliphatic rings. The Balaban J connectivity index is 2.46. The van der Waals surface area contributed by atoms with Gasteiger partial charge in [0, 0.05) is 6.42 Å². The first-order chi connectivity index (χ1) is 9.16. The zero-order valence-corrected chi connectivity index (χ0v) is 9.59. The number of nitrogens with zero attached hydrogens (tertiary/aromatic N) is 2. The predicted molar refractivity (Wildman–Crippen MR) is 53.6 cm³/mol. The van der Waals surface area contributed by atoms with Crippen molar-refractivity contribution in [1.82, 2.24) is 10.1 Å². The van der Waals surface area contributed by atoms with Gasteiger partial charge in [-0.3, -0.25) is 0 Å².